The van der Waals surface area contributed by atoms with E-state index in [0.29, 0.717) is 21.8 Å². The lowest BCUT2D eigenvalue weighted by atomic mass is 10.0. The number of nitrogens with one attached hydrogen (secondary N) is 1. The number of aliphatic carboxylic acids is 1. The molecule has 6 nitrogen and oxygen atoms in total. The van der Waals surface area contributed by atoms with Crippen molar-refractivity contribution in [1.29, 1.82) is 0 Å². The number of carbonyl (C=O) groups excluding carboxylic acids is 1. The molecule has 0 saturated carbocycles. The molecule has 0 spiro atoms. The fraction of sp³-hybridized carbons (Fsp3) is 0.250. The normalized spacial score (nSPS) is 12.4. The molecule has 26 heavy (non-hydrogen) atoms. The number of rotatable bonds is 5. The number of carboxylic acid groups (broad SMARTS) is 1. The number of carbonyl (C=O) groups is 2. The Hall–Kier alpha value is -3.15. The van der Waals surface area contributed by atoms with E-state index in [9.17, 15) is 19.5 Å². The molecule has 0 aliphatic rings. The van der Waals surface area contributed by atoms with Gasteiger partial charge in [-0.05, 0) is 30.2 Å². The first-order valence-corrected chi connectivity index (χ1v) is 8.42. The van der Waals surface area contributed by atoms with Crippen molar-refractivity contribution < 1.29 is 14.7 Å². The van der Waals surface area contributed by atoms with Crippen LogP contribution in [0.25, 0.3) is 21.8 Å². The Morgan fingerprint density at radius 3 is 1.96 bits per heavy atom. The summed E-state index contributed by atoms with van der Waals surface area (Å²) in [6, 6.07) is 13.2. The van der Waals surface area contributed by atoms with Crippen LogP contribution in [-0.2, 0) is 16.1 Å². The molecular formula is C20H20N2O4. The first-order chi connectivity index (χ1) is 12.4. The van der Waals surface area contributed by atoms with Crippen LogP contribution >= 0.6 is 0 Å². The van der Waals surface area contributed by atoms with Crippen LogP contribution in [0.2, 0.25) is 0 Å². The molecule has 1 atom stereocenters. The molecule has 1 aromatic heterocycles. The van der Waals surface area contributed by atoms with Crippen molar-refractivity contribution in [1.82, 2.24) is 9.88 Å². The van der Waals surface area contributed by atoms with Gasteiger partial charge in [-0.15, -0.1) is 0 Å². The first kappa shape index (κ1) is 17.7. The number of nitrogens with zero attached hydrogens (tertiary/aromatic N) is 1. The fourth-order valence-electron chi connectivity index (χ4n) is 3.12. The number of fused-ring (bicyclic) bond motifs is 2. The minimum absolute atomic E-state index is 0.0716. The molecule has 2 aromatic carbocycles. The van der Waals surface area contributed by atoms with Gasteiger partial charge >= 0.3 is 5.97 Å². The van der Waals surface area contributed by atoms with Crippen LogP contribution in [0.5, 0.6) is 0 Å². The maximum Gasteiger partial charge on any atom is 0.326 e. The first-order valence-electron chi connectivity index (χ1n) is 8.42. The largest absolute Gasteiger partial charge is 0.480 e. The molecule has 0 radical (unpaired) electrons. The van der Waals surface area contributed by atoms with Crippen molar-refractivity contribution in [2.45, 2.75) is 26.4 Å². The van der Waals surface area contributed by atoms with Crippen molar-refractivity contribution in [3.63, 3.8) is 0 Å². The van der Waals surface area contributed by atoms with Crippen LogP contribution in [-0.4, -0.2) is 27.6 Å². The molecule has 0 fully saturated rings. The summed E-state index contributed by atoms with van der Waals surface area (Å²) in [6.45, 7) is 3.41. The van der Waals surface area contributed by atoms with Gasteiger partial charge in [0.05, 0.1) is 11.0 Å². The van der Waals surface area contributed by atoms with Gasteiger partial charge in [-0.25, -0.2) is 4.79 Å². The highest BCUT2D eigenvalue weighted by atomic mass is 16.4. The summed E-state index contributed by atoms with van der Waals surface area (Å²) in [5.74, 6) is -1.72. The second-order valence-electron chi connectivity index (χ2n) is 6.58. The van der Waals surface area contributed by atoms with Crippen LogP contribution in [0.3, 0.4) is 0 Å². The van der Waals surface area contributed by atoms with Crippen molar-refractivity contribution in [3.8, 4) is 0 Å². The van der Waals surface area contributed by atoms with Crippen molar-refractivity contribution in [2.75, 3.05) is 0 Å². The zero-order valence-corrected chi connectivity index (χ0v) is 14.6. The van der Waals surface area contributed by atoms with Gasteiger partial charge in [0.1, 0.15) is 12.6 Å². The van der Waals surface area contributed by atoms with Crippen molar-refractivity contribution >= 4 is 33.7 Å². The third kappa shape index (κ3) is 3.18. The Morgan fingerprint density at radius 1 is 1.00 bits per heavy atom. The molecule has 3 aromatic rings. The lowest BCUT2D eigenvalue weighted by molar-refractivity contribution is -0.143. The number of benzene rings is 2. The summed E-state index contributed by atoms with van der Waals surface area (Å²) in [5, 5.41) is 12.9. The van der Waals surface area contributed by atoms with E-state index in [-0.39, 0.29) is 17.9 Å². The number of pyridine rings is 1. The monoisotopic (exact) mass is 352 g/mol. The lowest BCUT2D eigenvalue weighted by Gasteiger charge is -2.20. The summed E-state index contributed by atoms with van der Waals surface area (Å²) in [4.78, 5) is 36.6. The van der Waals surface area contributed by atoms with Gasteiger partial charge in [0.15, 0.2) is 5.43 Å². The van der Waals surface area contributed by atoms with E-state index in [1.54, 1.807) is 66.9 Å². The second kappa shape index (κ2) is 7.00. The molecule has 1 heterocycles. The third-order valence-electron chi connectivity index (χ3n) is 4.43. The molecule has 0 aliphatic carbocycles. The van der Waals surface area contributed by atoms with E-state index in [1.165, 1.54) is 0 Å². The van der Waals surface area contributed by atoms with Crippen LogP contribution in [0.1, 0.15) is 13.8 Å². The highest BCUT2D eigenvalue weighted by Crippen LogP contribution is 2.19. The van der Waals surface area contributed by atoms with Crippen LogP contribution < -0.4 is 10.7 Å². The molecule has 1 amide bonds. The molecule has 0 unspecified atom stereocenters. The quantitative estimate of drug-likeness (QED) is 0.690. The standard InChI is InChI=1S/C20H20N2O4/c1-12(2)18(20(25)26)21-17(23)11-22-15-9-5-3-7-13(15)19(24)14-8-4-6-10-16(14)22/h3-10,12,18H,11H2,1-2H3,(H,21,23)(H,25,26)/t18-/m1/s1. The molecule has 3 rings (SSSR count). The average molecular weight is 352 g/mol. The number of hydrogen-bond acceptors (Lipinski definition) is 3. The molecule has 0 saturated heterocycles. The lowest BCUT2D eigenvalue weighted by Crippen LogP contribution is -2.45. The number of hydrogen-bond donors (Lipinski definition) is 2. The number of para-hydroxylation sites is 2. The highest BCUT2D eigenvalue weighted by molar-refractivity contribution is 5.95. The third-order valence-corrected chi connectivity index (χ3v) is 4.43. The van der Waals surface area contributed by atoms with E-state index in [1.807, 2.05) is 0 Å². The highest BCUT2D eigenvalue weighted by Gasteiger charge is 2.24. The Bertz CT molecular complexity index is 993. The topological polar surface area (TPSA) is 88.4 Å². The van der Waals surface area contributed by atoms with Gasteiger partial charge in [-0.1, -0.05) is 38.1 Å². The van der Waals surface area contributed by atoms with E-state index in [0.717, 1.165) is 0 Å². The van der Waals surface area contributed by atoms with E-state index < -0.39 is 17.9 Å². The minimum atomic E-state index is -1.07. The smallest absolute Gasteiger partial charge is 0.326 e. The van der Waals surface area contributed by atoms with Gasteiger partial charge in [-0.3, -0.25) is 9.59 Å². The Morgan fingerprint density at radius 2 is 1.50 bits per heavy atom. The summed E-state index contributed by atoms with van der Waals surface area (Å²) in [6.07, 6.45) is 0. The van der Waals surface area contributed by atoms with E-state index in [2.05, 4.69) is 5.32 Å². The van der Waals surface area contributed by atoms with E-state index in [4.69, 9.17) is 0 Å². The molecular weight excluding hydrogens is 332 g/mol. The van der Waals surface area contributed by atoms with Crippen molar-refractivity contribution in [2.24, 2.45) is 5.92 Å². The van der Waals surface area contributed by atoms with Crippen LogP contribution in [0, 0.1) is 5.92 Å². The fourth-order valence-corrected chi connectivity index (χ4v) is 3.12. The summed E-state index contributed by atoms with van der Waals surface area (Å²) < 4.78 is 1.75. The van der Waals surface area contributed by atoms with Gasteiger partial charge in [0.2, 0.25) is 5.91 Å². The summed E-state index contributed by atoms with van der Waals surface area (Å²) in [5.41, 5.74) is 1.20. The van der Waals surface area contributed by atoms with Crippen LogP contribution in [0.15, 0.2) is 53.3 Å². The maximum atomic E-state index is 12.7. The average Bonchev–Trinajstić information content (AvgIpc) is 2.62. The zero-order chi connectivity index (χ0) is 18.8. The second-order valence-corrected chi connectivity index (χ2v) is 6.58. The Kier molecular flexibility index (Phi) is 4.75. The number of aromatic nitrogens is 1. The van der Waals surface area contributed by atoms with Gasteiger partial charge in [-0.2, -0.15) is 0 Å². The summed E-state index contributed by atoms with van der Waals surface area (Å²) >= 11 is 0. The number of carboxylic acids is 1. The molecule has 0 bridgehead atoms. The predicted octanol–water partition coefficient (Wildman–Crippen LogP) is 2.38. The minimum Gasteiger partial charge on any atom is -0.480 e. The summed E-state index contributed by atoms with van der Waals surface area (Å²) in [7, 11) is 0. The predicted molar refractivity (Wildman–Crippen MR) is 100 cm³/mol. The molecule has 0 aliphatic heterocycles. The number of amides is 1. The molecule has 134 valence electrons. The molecule has 2 N–H and O–H groups in total. The van der Waals surface area contributed by atoms with E-state index >= 15 is 0 Å². The van der Waals surface area contributed by atoms with Gasteiger partial charge < -0.3 is 15.0 Å². The maximum absolute atomic E-state index is 12.7. The van der Waals surface area contributed by atoms with Gasteiger partial charge in [0.25, 0.3) is 0 Å². The molecule has 6 heteroatoms. The SMILES string of the molecule is CC(C)[C@@H](NC(=O)Cn1c2ccccc2c(=O)c2ccccc21)C(=O)O. The van der Waals surface area contributed by atoms with Gasteiger partial charge in [0, 0.05) is 10.8 Å². The zero-order valence-electron chi connectivity index (χ0n) is 14.6. The Balaban J connectivity index is 2.09. The van der Waals surface area contributed by atoms with Crippen LogP contribution in [0.4, 0.5) is 0 Å². The van der Waals surface area contributed by atoms with Crippen molar-refractivity contribution in [3.05, 3.63) is 58.8 Å². The Labute approximate surface area is 150 Å².